The minimum Gasteiger partial charge on any atom is -0.324 e. The summed E-state index contributed by atoms with van der Waals surface area (Å²) in [6, 6.07) is 7.11. The standard InChI is InChI=1S/C16H16N2O2/c1-3-6-10(2)18-9-17-13-14(18)16(20)12-8-5-4-7-11(12)15(13)19/h4-5,7-10H,3,6H2,1-2H3. The molecule has 0 spiro atoms. The molecule has 2 aromatic rings. The van der Waals surface area contributed by atoms with Crippen LogP contribution in [0.5, 0.6) is 0 Å². The molecule has 3 rings (SSSR count). The molecule has 0 amide bonds. The Hall–Kier alpha value is -2.23. The third-order valence-corrected chi connectivity index (χ3v) is 3.82. The van der Waals surface area contributed by atoms with Crippen molar-refractivity contribution in [2.75, 3.05) is 0 Å². The van der Waals surface area contributed by atoms with Crippen LogP contribution in [0.2, 0.25) is 0 Å². The predicted molar refractivity (Wildman–Crippen MR) is 75.2 cm³/mol. The topological polar surface area (TPSA) is 52.0 Å². The molecule has 0 radical (unpaired) electrons. The molecule has 0 saturated carbocycles. The molecule has 0 aliphatic heterocycles. The van der Waals surface area contributed by atoms with Crippen molar-refractivity contribution in [3.05, 3.63) is 53.1 Å². The van der Waals surface area contributed by atoms with Crippen molar-refractivity contribution >= 4 is 11.6 Å². The number of carbonyl (C=O) groups excluding carboxylic acids is 2. The van der Waals surface area contributed by atoms with Gasteiger partial charge in [0.25, 0.3) is 0 Å². The van der Waals surface area contributed by atoms with E-state index in [0.717, 1.165) is 12.8 Å². The minimum absolute atomic E-state index is 0.101. The maximum absolute atomic E-state index is 12.6. The van der Waals surface area contributed by atoms with Crippen LogP contribution in [-0.4, -0.2) is 21.1 Å². The molecule has 20 heavy (non-hydrogen) atoms. The number of aromatic nitrogens is 2. The number of imidazole rings is 1. The molecule has 0 saturated heterocycles. The molecular formula is C16H16N2O2. The lowest BCUT2D eigenvalue weighted by Gasteiger charge is -2.19. The molecule has 1 unspecified atom stereocenters. The van der Waals surface area contributed by atoms with Crippen LogP contribution in [0.25, 0.3) is 0 Å². The first kappa shape index (κ1) is 12.8. The van der Waals surface area contributed by atoms with Crippen molar-refractivity contribution in [3.63, 3.8) is 0 Å². The predicted octanol–water partition coefficient (Wildman–Crippen LogP) is 3.02. The van der Waals surface area contributed by atoms with E-state index in [1.165, 1.54) is 0 Å². The Bertz CT molecular complexity index is 700. The lowest BCUT2D eigenvalue weighted by molar-refractivity contribution is 0.0969. The van der Waals surface area contributed by atoms with E-state index in [2.05, 4.69) is 11.9 Å². The highest BCUT2D eigenvalue weighted by atomic mass is 16.1. The number of fused-ring (bicyclic) bond motifs is 2. The molecule has 1 aromatic carbocycles. The van der Waals surface area contributed by atoms with Gasteiger partial charge in [-0.2, -0.15) is 0 Å². The maximum Gasteiger partial charge on any atom is 0.214 e. The van der Waals surface area contributed by atoms with Crippen molar-refractivity contribution in [3.8, 4) is 0 Å². The summed E-state index contributed by atoms with van der Waals surface area (Å²) in [4.78, 5) is 29.2. The van der Waals surface area contributed by atoms with E-state index < -0.39 is 0 Å². The third kappa shape index (κ3) is 1.72. The van der Waals surface area contributed by atoms with E-state index in [9.17, 15) is 9.59 Å². The fraction of sp³-hybridized carbons (Fsp3) is 0.312. The first-order valence-electron chi connectivity index (χ1n) is 6.90. The van der Waals surface area contributed by atoms with Gasteiger partial charge in [0, 0.05) is 17.2 Å². The first-order valence-corrected chi connectivity index (χ1v) is 6.90. The van der Waals surface area contributed by atoms with Crippen LogP contribution in [0.1, 0.15) is 64.8 Å². The summed E-state index contributed by atoms with van der Waals surface area (Å²) in [6.45, 7) is 4.14. The Morgan fingerprint density at radius 1 is 1.15 bits per heavy atom. The van der Waals surface area contributed by atoms with Crippen LogP contribution in [0, 0.1) is 0 Å². The summed E-state index contributed by atoms with van der Waals surface area (Å²) in [5.41, 5.74) is 1.67. The average molecular weight is 268 g/mol. The molecule has 1 heterocycles. The van der Waals surface area contributed by atoms with Crippen LogP contribution >= 0.6 is 0 Å². The van der Waals surface area contributed by atoms with Gasteiger partial charge < -0.3 is 4.57 Å². The van der Waals surface area contributed by atoms with Crippen molar-refractivity contribution in [1.82, 2.24) is 9.55 Å². The zero-order valence-electron chi connectivity index (χ0n) is 11.6. The molecule has 1 aliphatic rings. The van der Waals surface area contributed by atoms with Crippen molar-refractivity contribution in [2.45, 2.75) is 32.7 Å². The van der Waals surface area contributed by atoms with Gasteiger partial charge in [0.1, 0.15) is 11.4 Å². The van der Waals surface area contributed by atoms with Gasteiger partial charge in [-0.1, -0.05) is 37.6 Å². The fourth-order valence-corrected chi connectivity index (χ4v) is 2.78. The summed E-state index contributed by atoms with van der Waals surface area (Å²) in [5, 5.41) is 0. The Labute approximate surface area is 117 Å². The fourth-order valence-electron chi connectivity index (χ4n) is 2.78. The monoisotopic (exact) mass is 268 g/mol. The SMILES string of the molecule is CCCC(C)n1cnc2c1C(=O)c1ccccc1C2=O. The Morgan fingerprint density at radius 3 is 2.45 bits per heavy atom. The summed E-state index contributed by atoms with van der Waals surface area (Å²) in [6.07, 6.45) is 3.59. The number of ketones is 2. The molecule has 4 nitrogen and oxygen atoms in total. The average Bonchev–Trinajstić information content (AvgIpc) is 2.90. The van der Waals surface area contributed by atoms with E-state index in [1.54, 1.807) is 30.6 Å². The zero-order valence-corrected chi connectivity index (χ0v) is 11.6. The second-order valence-corrected chi connectivity index (χ2v) is 5.19. The molecular weight excluding hydrogens is 252 g/mol. The summed E-state index contributed by atoms with van der Waals surface area (Å²) >= 11 is 0. The number of hydrogen-bond donors (Lipinski definition) is 0. The highest BCUT2D eigenvalue weighted by Gasteiger charge is 2.34. The van der Waals surface area contributed by atoms with Gasteiger partial charge in [-0.25, -0.2) is 4.98 Å². The largest absolute Gasteiger partial charge is 0.324 e. The number of hydrogen-bond acceptors (Lipinski definition) is 3. The van der Waals surface area contributed by atoms with E-state index in [4.69, 9.17) is 0 Å². The van der Waals surface area contributed by atoms with Gasteiger partial charge in [0.15, 0.2) is 0 Å². The molecule has 1 atom stereocenters. The summed E-state index contributed by atoms with van der Waals surface area (Å²) in [7, 11) is 0. The smallest absolute Gasteiger partial charge is 0.214 e. The number of benzene rings is 1. The number of rotatable bonds is 3. The quantitative estimate of drug-likeness (QED) is 0.733. The third-order valence-electron chi connectivity index (χ3n) is 3.82. The molecule has 0 bridgehead atoms. The van der Waals surface area contributed by atoms with Crippen LogP contribution in [0.15, 0.2) is 30.6 Å². The normalized spacial score (nSPS) is 14.9. The lowest BCUT2D eigenvalue weighted by atomic mass is 9.90. The lowest BCUT2D eigenvalue weighted by Crippen LogP contribution is -2.24. The molecule has 4 heteroatoms. The summed E-state index contributed by atoms with van der Waals surface area (Å²) in [5.74, 6) is -0.256. The van der Waals surface area contributed by atoms with Gasteiger partial charge in [0.2, 0.25) is 11.6 Å². The van der Waals surface area contributed by atoms with Gasteiger partial charge in [-0.05, 0) is 13.3 Å². The highest BCUT2D eigenvalue weighted by Crippen LogP contribution is 2.28. The number of carbonyl (C=O) groups is 2. The highest BCUT2D eigenvalue weighted by molar-refractivity contribution is 6.27. The van der Waals surface area contributed by atoms with Gasteiger partial charge in [0.05, 0.1) is 6.33 Å². The second kappa shape index (κ2) is 4.71. The molecule has 0 N–H and O–H groups in total. The van der Waals surface area contributed by atoms with Crippen molar-refractivity contribution in [1.29, 1.82) is 0 Å². The first-order chi connectivity index (χ1) is 9.65. The molecule has 1 aromatic heterocycles. The molecule has 1 aliphatic carbocycles. The van der Waals surface area contributed by atoms with Crippen molar-refractivity contribution in [2.24, 2.45) is 0 Å². The van der Waals surface area contributed by atoms with Crippen LogP contribution in [0.4, 0.5) is 0 Å². The van der Waals surface area contributed by atoms with Crippen molar-refractivity contribution < 1.29 is 9.59 Å². The van der Waals surface area contributed by atoms with Crippen LogP contribution in [0.3, 0.4) is 0 Å². The van der Waals surface area contributed by atoms with Gasteiger partial charge >= 0.3 is 0 Å². The van der Waals surface area contributed by atoms with E-state index in [0.29, 0.717) is 16.8 Å². The van der Waals surface area contributed by atoms with E-state index >= 15 is 0 Å². The summed E-state index contributed by atoms with van der Waals surface area (Å²) < 4.78 is 1.84. The minimum atomic E-state index is -0.155. The van der Waals surface area contributed by atoms with E-state index in [-0.39, 0.29) is 23.3 Å². The zero-order chi connectivity index (χ0) is 14.3. The van der Waals surface area contributed by atoms with Crippen LogP contribution < -0.4 is 0 Å². The molecule has 102 valence electrons. The Morgan fingerprint density at radius 2 is 1.80 bits per heavy atom. The maximum atomic E-state index is 12.6. The molecule has 0 fully saturated rings. The Balaban J connectivity index is 2.16. The second-order valence-electron chi connectivity index (χ2n) is 5.19. The van der Waals surface area contributed by atoms with Crippen LogP contribution in [-0.2, 0) is 0 Å². The number of nitrogens with zero attached hydrogens (tertiary/aromatic N) is 2. The van der Waals surface area contributed by atoms with E-state index in [1.807, 2.05) is 11.5 Å². The Kier molecular flexibility index (Phi) is 3.01. The van der Waals surface area contributed by atoms with Gasteiger partial charge in [-0.15, -0.1) is 0 Å². The van der Waals surface area contributed by atoms with Gasteiger partial charge in [-0.3, -0.25) is 9.59 Å².